The fourth-order valence-corrected chi connectivity index (χ4v) is 1.97. The summed E-state index contributed by atoms with van der Waals surface area (Å²) in [4.78, 5) is 13.2. The summed E-state index contributed by atoms with van der Waals surface area (Å²) in [5.41, 5.74) is 2.12. The minimum Gasteiger partial charge on any atom is -0.441 e. The topological polar surface area (TPSA) is 49.8 Å². The monoisotopic (exact) mass is 249 g/mol. The van der Waals surface area contributed by atoms with Gasteiger partial charge in [-0.25, -0.2) is 4.79 Å². The summed E-state index contributed by atoms with van der Waals surface area (Å²) >= 11 is 0. The molecule has 0 aromatic heterocycles. The molecule has 1 heterocycles. The van der Waals surface area contributed by atoms with E-state index in [4.69, 9.17) is 9.84 Å². The van der Waals surface area contributed by atoms with Crippen LogP contribution in [-0.2, 0) is 10.2 Å². The van der Waals surface area contributed by atoms with Crippen molar-refractivity contribution in [2.75, 3.05) is 18.1 Å². The summed E-state index contributed by atoms with van der Waals surface area (Å²) in [6.45, 7) is 6.71. The molecule has 0 aliphatic carbocycles. The Morgan fingerprint density at radius 3 is 2.39 bits per heavy atom. The van der Waals surface area contributed by atoms with Crippen molar-refractivity contribution in [2.24, 2.45) is 0 Å². The van der Waals surface area contributed by atoms with Gasteiger partial charge < -0.3 is 9.84 Å². The highest BCUT2D eigenvalue weighted by Crippen LogP contribution is 2.26. The van der Waals surface area contributed by atoms with Crippen molar-refractivity contribution >= 4 is 11.8 Å². The van der Waals surface area contributed by atoms with Crippen molar-refractivity contribution in [3.63, 3.8) is 0 Å². The van der Waals surface area contributed by atoms with Gasteiger partial charge in [0.2, 0.25) is 0 Å². The number of aliphatic hydroxyl groups excluding tert-OH is 1. The Balaban J connectivity index is 2.18. The molecule has 1 amide bonds. The second-order valence-corrected chi connectivity index (χ2v) is 5.60. The van der Waals surface area contributed by atoms with Crippen molar-refractivity contribution in [1.82, 2.24) is 0 Å². The highest BCUT2D eigenvalue weighted by Gasteiger charge is 2.31. The molecular formula is C14H19NO3. The summed E-state index contributed by atoms with van der Waals surface area (Å²) < 4.78 is 5.01. The second-order valence-electron chi connectivity index (χ2n) is 5.60. The molecule has 1 aromatic carbocycles. The summed E-state index contributed by atoms with van der Waals surface area (Å²) in [5, 5.41) is 9.00. The second kappa shape index (κ2) is 4.61. The van der Waals surface area contributed by atoms with E-state index in [0.29, 0.717) is 6.54 Å². The highest BCUT2D eigenvalue weighted by atomic mass is 16.6. The first-order valence-electron chi connectivity index (χ1n) is 6.11. The van der Waals surface area contributed by atoms with E-state index in [0.717, 1.165) is 5.69 Å². The zero-order valence-corrected chi connectivity index (χ0v) is 11.0. The first kappa shape index (κ1) is 12.9. The number of nitrogens with zero attached hydrogens (tertiary/aromatic N) is 1. The zero-order valence-electron chi connectivity index (χ0n) is 11.0. The third-order valence-electron chi connectivity index (χ3n) is 3.12. The van der Waals surface area contributed by atoms with Gasteiger partial charge in [-0.15, -0.1) is 0 Å². The molecular weight excluding hydrogens is 230 g/mol. The number of amides is 1. The van der Waals surface area contributed by atoms with Crippen molar-refractivity contribution in [3.05, 3.63) is 29.8 Å². The molecule has 0 saturated carbocycles. The number of anilines is 1. The van der Waals surface area contributed by atoms with E-state index >= 15 is 0 Å². The van der Waals surface area contributed by atoms with E-state index in [1.807, 2.05) is 24.3 Å². The largest absolute Gasteiger partial charge is 0.441 e. The van der Waals surface area contributed by atoms with Gasteiger partial charge >= 0.3 is 6.09 Å². The molecule has 1 saturated heterocycles. The molecule has 1 unspecified atom stereocenters. The molecule has 1 atom stereocenters. The van der Waals surface area contributed by atoms with Crippen LogP contribution in [0.1, 0.15) is 26.3 Å². The number of ether oxygens (including phenoxy) is 1. The van der Waals surface area contributed by atoms with Crippen LogP contribution in [0.15, 0.2) is 24.3 Å². The van der Waals surface area contributed by atoms with Gasteiger partial charge in [-0.2, -0.15) is 0 Å². The molecule has 1 aliphatic heterocycles. The third-order valence-corrected chi connectivity index (χ3v) is 3.12. The minimum atomic E-state index is -0.417. The van der Waals surface area contributed by atoms with E-state index in [1.165, 1.54) is 5.56 Å². The van der Waals surface area contributed by atoms with E-state index < -0.39 is 12.2 Å². The van der Waals surface area contributed by atoms with Crippen LogP contribution in [0.4, 0.5) is 10.5 Å². The summed E-state index contributed by atoms with van der Waals surface area (Å²) in [7, 11) is 0. The van der Waals surface area contributed by atoms with Crippen LogP contribution in [0.3, 0.4) is 0 Å². The minimum absolute atomic E-state index is 0.0949. The Labute approximate surface area is 107 Å². The molecule has 0 bridgehead atoms. The Morgan fingerprint density at radius 1 is 1.33 bits per heavy atom. The number of aliphatic hydroxyl groups is 1. The molecule has 1 fully saturated rings. The molecule has 18 heavy (non-hydrogen) atoms. The molecule has 1 N–H and O–H groups in total. The lowest BCUT2D eigenvalue weighted by Gasteiger charge is -2.20. The fraction of sp³-hybridized carbons (Fsp3) is 0.500. The summed E-state index contributed by atoms with van der Waals surface area (Å²) in [5.74, 6) is 0. The number of carbonyl (C=O) groups excluding carboxylic acids is 1. The van der Waals surface area contributed by atoms with Crippen molar-refractivity contribution in [3.8, 4) is 0 Å². The van der Waals surface area contributed by atoms with Gasteiger partial charge in [-0.3, -0.25) is 4.90 Å². The van der Waals surface area contributed by atoms with Crippen LogP contribution >= 0.6 is 0 Å². The number of cyclic esters (lactones) is 1. The van der Waals surface area contributed by atoms with E-state index in [9.17, 15) is 4.79 Å². The molecule has 0 spiro atoms. The maximum atomic E-state index is 11.6. The molecule has 4 nitrogen and oxygen atoms in total. The van der Waals surface area contributed by atoms with Crippen LogP contribution in [-0.4, -0.2) is 30.5 Å². The average Bonchev–Trinajstić information content (AvgIpc) is 2.70. The molecule has 2 rings (SSSR count). The van der Waals surface area contributed by atoms with Crippen LogP contribution < -0.4 is 4.90 Å². The van der Waals surface area contributed by atoms with Gasteiger partial charge in [0, 0.05) is 5.69 Å². The van der Waals surface area contributed by atoms with Gasteiger partial charge in [-0.1, -0.05) is 32.9 Å². The normalized spacial score (nSPS) is 20.1. The van der Waals surface area contributed by atoms with Gasteiger partial charge in [-0.05, 0) is 23.1 Å². The maximum Gasteiger partial charge on any atom is 0.414 e. The van der Waals surface area contributed by atoms with Crippen LogP contribution in [0.2, 0.25) is 0 Å². The number of hydrogen-bond donors (Lipinski definition) is 1. The molecule has 1 aromatic rings. The fourth-order valence-electron chi connectivity index (χ4n) is 1.97. The van der Waals surface area contributed by atoms with Crippen LogP contribution in [0, 0.1) is 0 Å². The molecule has 4 heteroatoms. The van der Waals surface area contributed by atoms with Crippen LogP contribution in [0.5, 0.6) is 0 Å². The first-order valence-corrected chi connectivity index (χ1v) is 6.11. The number of benzene rings is 1. The number of hydrogen-bond acceptors (Lipinski definition) is 3. The average molecular weight is 249 g/mol. The Kier molecular flexibility index (Phi) is 3.30. The Hall–Kier alpha value is -1.55. The Bertz CT molecular complexity index is 433. The molecule has 1 aliphatic rings. The van der Waals surface area contributed by atoms with Gasteiger partial charge in [0.05, 0.1) is 13.2 Å². The summed E-state index contributed by atoms with van der Waals surface area (Å²) in [6.07, 6.45) is -0.808. The van der Waals surface area contributed by atoms with Crippen LogP contribution in [0.25, 0.3) is 0 Å². The zero-order chi connectivity index (χ0) is 13.3. The van der Waals surface area contributed by atoms with Crippen molar-refractivity contribution in [1.29, 1.82) is 0 Å². The standard InChI is InChI=1S/C14H19NO3/c1-14(2,3)10-4-6-11(7-5-10)15-8-12(9-16)18-13(15)17/h4-7,12,16H,8-9H2,1-3H3. The summed E-state index contributed by atoms with van der Waals surface area (Å²) in [6, 6.07) is 7.88. The van der Waals surface area contributed by atoms with E-state index in [2.05, 4.69) is 20.8 Å². The highest BCUT2D eigenvalue weighted by molar-refractivity contribution is 5.89. The SMILES string of the molecule is CC(C)(C)c1ccc(N2CC(CO)OC2=O)cc1. The molecule has 0 radical (unpaired) electrons. The predicted octanol–water partition coefficient (Wildman–Crippen LogP) is 2.30. The third kappa shape index (κ3) is 2.48. The first-order chi connectivity index (χ1) is 8.41. The van der Waals surface area contributed by atoms with Gasteiger partial charge in [0.25, 0.3) is 0 Å². The van der Waals surface area contributed by atoms with Crippen molar-refractivity contribution < 1.29 is 14.6 Å². The van der Waals surface area contributed by atoms with E-state index in [-0.39, 0.29) is 12.0 Å². The lowest BCUT2D eigenvalue weighted by atomic mass is 9.87. The smallest absolute Gasteiger partial charge is 0.414 e. The maximum absolute atomic E-state index is 11.6. The van der Waals surface area contributed by atoms with Crippen molar-refractivity contribution in [2.45, 2.75) is 32.3 Å². The lowest BCUT2D eigenvalue weighted by Crippen LogP contribution is -2.25. The Morgan fingerprint density at radius 2 is 1.94 bits per heavy atom. The lowest BCUT2D eigenvalue weighted by molar-refractivity contribution is 0.0963. The number of rotatable bonds is 2. The van der Waals surface area contributed by atoms with Gasteiger partial charge in [0.15, 0.2) is 0 Å². The predicted molar refractivity (Wildman–Crippen MR) is 69.8 cm³/mol. The van der Waals surface area contributed by atoms with Gasteiger partial charge in [0.1, 0.15) is 6.10 Å². The molecule has 98 valence electrons. The number of carbonyl (C=O) groups is 1. The van der Waals surface area contributed by atoms with E-state index in [1.54, 1.807) is 4.90 Å². The quantitative estimate of drug-likeness (QED) is 0.875.